The molecule has 4 aromatic rings. The Bertz CT molecular complexity index is 1250. The monoisotopic (exact) mass is 461 g/mol. The molecule has 0 fully saturated rings. The van der Waals surface area contributed by atoms with Crippen molar-refractivity contribution in [2.24, 2.45) is 0 Å². The van der Waals surface area contributed by atoms with Crippen LogP contribution in [-0.4, -0.2) is 22.0 Å². The molecule has 0 aliphatic rings. The van der Waals surface area contributed by atoms with Crippen LogP contribution in [0.15, 0.2) is 97.6 Å². The number of rotatable bonds is 7. The van der Waals surface area contributed by atoms with Crippen LogP contribution >= 0.6 is 0 Å². The van der Waals surface area contributed by atoms with E-state index in [4.69, 9.17) is 0 Å². The van der Waals surface area contributed by atoms with Crippen molar-refractivity contribution in [2.45, 2.75) is 12.2 Å². The van der Waals surface area contributed by atoms with Crippen LogP contribution in [-0.2, 0) is 6.18 Å². The fraction of sp³-hybridized carbons (Fsp3) is 0.111. The lowest BCUT2D eigenvalue weighted by Gasteiger charge is -2.20. The summed E-state index contributed by atoms with van der Waals surface area (Å²) in [4.78, 5) is 16.9. The zero-order valence-electron chi connectivity index (χ0n) is 18.1. The number of hydrogen-bond acceptors (Lipinski definition) is 2. The van der Waals surface area contributed by atoms with E-state index in [1.807, 2.05) is 54.6 Å². The SMILES string of the molecule is O=C(NCC(c1ccc(C(F)(F)F)cc1)n1ccnc1)c1cccc(/C=C/c2ccccc2)c1. The van der Waals surface area contributed by atoms with E-state index in [0.29, 0.717) is 11.1 Å². The highest BCUT2D eigenvalue weighted by molar-refractivity contribution is 5.95. The molecule has 0 saturated carbocycles. The maximum absolute atomic E-state index is 12.9. The van der Waals surface area contributed by atoms with Crippen LogP contribution in [0.5, 0.6) is 0 Å². The molecule has 7 heteroatoms. The number of carbonyl (C=O) groups is 1. The van der Waals surface area contributed by atoms with Crippen LogP contribution in [0.3, 0.4) is 0 Å². The highest BCUT2D eigenvalue weighted by Crippen LogP contribution is 2.30. The lowest BCUT2D eigenvalue weighted by molar-refractivity contribution is -0.137. The summed E-state index contributed by atoms with van der Waals surface area (Å²) < 4.78 is 40.6. The van der Waals surface area contributed by atoms with E-state index in [9.17, 15) is 18.0 Å². The van der Waals surface area contributed by atoms with E-state index in [1.165, 1.54) is 12.1 Å². The Kier molecular flexibility index (Phi) is 6.92. The van der Waals surface area contributed by atoms with Gasteiger partial charge in [-0.1, -0.05) is 66.7 Å². The van der Waals surface area contributed by atoms with Gasteiger partial charge in [0.2, 0.25) is 0 Å². The molecule has 1 unspecified atom stereocenters. The zero-order valence-corrected chi connectivity index (χ0v) is 18.1. The van der Waals surface area contributed by atoms with E-state index in [0.717, 1.165) is 23.3 Å². The van der Waals surface area contributed by atoms with Crippen molar-refractivity contribution in [3.63, 3.8) is 0 Å². The van der Waals surface area contributed by atoms with Gasteiger partial charge in [-0.05, 0) is 41.0 Å². The van der Waals surface area contributed by atoms with Gasteiger partial charge in [0.1, 0.15) is 0 Å². The normalized spacial score (nSPS) is 12.6. The van der Waals surface area contributed by atoms with Crippen molar-refractivity contribution in [1.29, 1.82) is 0 Å². The molecule has 3 aromatic carbocycles. The first-order chi connectivity index (χ1) is 16.4. The highest BCUT2D eigenvalue weighted by Gasteiger charge is 2.30. The first-order valence-electron chi connectivity index (χ1n) is 10.7. The fourth-order valence-electron chi connectivity index (χ4n) is 3.58. The van der Waals surface area contributed by atoms with Crippen molar-refractivity contribution in [2.75, 3.05) is 6.54 Å². The minimum atomic E-state index is -4.41. The lowest BCUT2D eigenvalue weighted by atomic mass is 10.0. The van der Waals surface area contributed by atoms with Crippen LogP contribution in [0.2, 0.25) is 0 Å². The van der Waals surface area contributed by atoms with Crippen LogP contribution in [0, 0.1) is 0 Å². The van der Waals surface area contributed by atoms with Crippen LogP contribution < -0.4 is 5.32 Å². The molecule has 4 rings (SSSR count). The van der Waals surface area contributed by atoms with Gasteiger partial charge < -0.3 is 9.88 Å². The largest absolute Gasteiger partial charge is 0.416 e. The van der Waals surface area contributed by atoms with Crippen LogP contribution in [0.4, 0.5) is 13.2 Å². The summed E-state index contributed by atoms with van der Waals surface area (Å²) >= 11 is 0. The second-order valence-corrected chi connectivity index (χ2v) is 7.72. The Morgan fingerprint density at radius 1 is 0.941 bits per heavy atom. The molecule has 1 amide bonds. The van der Waals surface area contributed by atoms with Crippen LogP contribution in [0.25, 0.3) is 12.2 Å². The summed E-state index contributed by atoms with van der Waals surface area (Å²) in [5.41, 5.74) is 2.34. The molecule has 0 radical (unpaired) electrons. The Hall–Kier alpha value is -4.13. The first kappa shape index (κ1) is 23.0. The van der Waals surface area contributed by atoms with Gasteiger partial charge in [0, 0.05) is 24.5 Å². The number of halogens is 3. The fourth-order valence-corrected chi connectivity index (χ4v) is 3.58. The number of amides is 1. The average molecular weight is 461 g/mol. The number of nitrogens with one attached hydrogen (secondary N) is 1. The first-order valence-corrected chi connectivity index (χ1v) is 10.7. The predicted molar refractivity (Wildman–Crippen MR) is 126 cm³/mol. The molecule has 0 aliphatic heterocycles. The third kappa shape index (κ3) is 5.81. The zero-order chi connectivity index (χ0) is 24.0. The molecule has 1 N–H and O–H groups in total. The van der Waals surface area contributed by atoms with E-state index in [2.05, 4.69) is 10.3 Å². The maximum Gasteiger partial charge on any atom is 0.416 e. The third-order valence-corrected chi connectivity index (χ3v) is 5.38. The number of aromatic nitrogens is 2. The molecule has 1 atom stereocenters. The number of carbonyl (C=O) groups excluding carboxylic acids is 1. The number of imidazole rings is 1. The summed E-state index contributed by atoms with van der Waals surface area (Å²) in [6.45, 7) is 0.185. The lowest BCUT2D eigenvalue weighted by Crippen LogP contribution is -2.31. The second kappa shape index (κ2) is 10.2. The van der Waals surface area contributed by atoms with Gasteiger partial charge in [-0.25, -0.2) is 4.98 Å². The van der Waals surface area contributed by atoms with Crippen molar-refractivity contribution in [3.8, 4) is 0 Å². The van der Waals surface area contributed by atoms with Gasteiger partial charge in [-0.3, -0.25) is 4.79 Å². The summed E-state index contributed by atoms with van der Waals surface area (Å²) in [7, 11) is 0. The van der Waals surface area contributed by atoms with Crippen molar-refractivity contribution in [3.05, 3.63) is 125 Å². The van der Waals surface area contributed by atoms with Crippen molar-refractivity contribution >= 4 is 18.1 Å². The molecule has 172 valence electrons. The average Bonchev–Trinajstić information content (AvgIpc) is 3.38. The molecular weight excluding hydrogens is 439 g/mol. The topological polar surface area (TPSA) is 46.9 Å². The Morgan fingerprint density at radius 2 is 1.65 bits per heavy atom. The van der Waals surface area contributed by atoms with Gasteiger partial charge >= 0.3 is 6.18 Å². The van der Waals surface area contributed by atoms with Gasteiger partial charge in [-0.15, -0.1) is 0 Å². The highest BCUT2D eigenvalue weighted by atomic mass is 19.4. The molecular formula is C27H22F3N3O. The molecule has 0 bridgehead atoms. The molecule has 1 aromatic heterocycles. The molecule has 0 spiro atoms. The standard InChI is InChI=1S/C27H22F3N3O/c28-27(29,30)24-13-11-22(12-14-24)25(33-16-15-31-19-33)18-32-26(34)23-8-4-7-21(17-23)10-9-20-5-2-1-3-6-20/h1-17,19,25H,18H2,(H,32,34)/b10-9+. The predicted octanol–water partition coefficient (Wildman–Crippen LogP) is 6.09. The molecule has 34 heavy (non-hydrogen) atoms. The Labute approximate surface area is 195 Å². The summed E-state index contributed by atoms with van der Waals surface area (Å²) in [5, 5.41) is 2.90. The van der Waals surface area contributed by atoms with E-state index >= 15 is 0 Å². The van der Waals surface area contributed by atoms with Gasteiger partial charge in [0.15, 0.2) is 0 Å². The van der Waals surface area contributed by atoms with Gasteiger partial charge in [-0.2, -0.15) is 13.2 Å². The number of nitrogens with zero attached hydrogens (tertiary/aromatic N) is 2. The van der Waals surface area contributed by atoms with Gasteiger partial charge in [0.25, 0.3) is 5.91 Å². The minimum absolute atomic E-state index is 0.185. The molecule has 0 aliphatic carbocycles. The van der Waals surface area contributed by atoms with E-state index in [-0.39, 0.29) is 12.5 Å². The smallest absolute Gasteiger partial charge is 0.350 e. The molecule has 1 heterocycles. The summed E-state index contributed by atoms with van der Waals surface area (Å²) in [6, 6.07) is 21.6. The third-order valence-electron chi connectivity index (χ3n) is 5.38. The summed E-state index contributed by atoms with van der Waals surface area (Å²) in [6.07, 6.45) is 4.37. The van der Waals surface area contributed by atoms with Gasteiger partial charge in [0.05, 0.1) is 17.9 Å². The quantitative estimate of drug-likeness (QED) is 0.339. The maximum atomic E-state index is 12.9. The molecule has 4 nitrogen and oxygen atoms in total. The number of alkyl halides is 3. The number of benzene rings is 3. The van der Waals surface area contributed by atoms with Crippen LogP contribution in [0.1, 0.15) is 38.7 Å². The molecule has 0 saturated heterocycles. The van der Waals surface area contributed by atoms with E-state index < -0.39 is 17.8 Å². The Morgan fingerprint density at radius 3 is 2.32 bits per heavy atom. The van der Waals surface area contributed by atoms with E-state index in [1.54, 1.807) is 35.4 Å². The second-order valence-electron chi connectivity index (χ2n) is 7.72. The van der Waals surface area contributed by atoms with Crippen molar-refractivity contribution in [1.82, 2.24) is 14.9 Å². The minimum Gasteiger partial charge on any atom is -0.350 e. The Balaban J connectivity index is 1.48. The summed E-state index contributed by atoms with van der Waals surface area (Å²) in [5.74, 6) is -0.271. The van der Waals surface area contributed by atoms with Crippen molar-refractivity contribution < 1.29 is 18.0 Å². The number of hydrogen-bond donors (Lipinski definition) is 1.